The molecular weight excluding hydrogens is 442 g/mol. The number of Topliss-reactive ketones (excluding diaryl/α,β-unsaturated/α-hetero) is 1. The standard InChI is InChI=1S/C25H31NO8/c1-6-33-9-10-34-25(30)20-14(3)26-16-11-13(2)19(24(29)32-5)23(28)22(16)21(20)15-7-8-18(31-4)17(27)12-15/h7-8,12-13,19,21,26-27H,6,9-11H2,1-5H3/t13-,19-,21+/m1/s1. The molecule has 0 saturated heterocycles. The maximum absolute atomic E-state index is 13.7. The molecule has 1 aliphatic heterocycles. The van der Waals surface area contributed by atoms with Gasteiger partial charge in [-0.2, -0.15) is 0 Å². The topological polar surface area (TPSA) is 120 Å². The molecule has 0 aromatic heterocycles. The van der Waals surface area contributed by atoms with Gasteiger partial charge in [-0.15, -0.1) is 0 Å². The molecule has 0 amide bonds. The second-order valence-corrected chi connectivity index (χ2v) is 8.30. The quantitative estimate of drug-likeness (QED) is 0.333. The van der Waals surface area contributed by atoms with Crippen LogP contribution in [0.15, 0.2) is 40.7 Å². The summed E-state index contributed by atoms with van der Waals surface area (Å²) < 4.78 is 20.7. The predicted molar refractivity (Wildman–Crippen MR) is 122 cm³/mol. The zero-order valence-corrected chi connectivity index (χ0v) is 20.1. The molecule has 0 unspecified atom stereocenters. The minimum Gasteiger partial charge on any atom is -0.504 e. The molecular formula is C25H31NO8. The maximum Gasteiger partial charge on any atom is 0.336 e. The number of rotatable bonds is 8. The van der Waals surface area contributed by atoms with Crippen molar-refractivity contribution in [3.63, 3.8) is 0 Å². The number of carbonyl (C=O) groups excluding carboxylic acids is 3. The Morgan fingerprint density at radius 2 is 1.94 bits per heavy atom. The molecule has 9 nitrogen and oxygen atoms in total. The van der Waals surface area contributed by atoms with E-state index in [0.717, 1.165) is 0 Å². The van der Waals surface area contributed by atoms with Crippen LogP contribution in [0.4, 0.5) is 0 Å². The molecule has 184 valence electrons. The first-order valence-corrected chi connectivity index (χ1v) is 11.2. The molecule has 9 heteroatoms. The third kappa shape index (κ3) is 4.79. The molecule has 1 heterocycles. The smallest absolute Gasteiger partial charge is 0.336 e. The summed E-state index contributed by atoms with van der Waals surface area (Å²) in [6, 6.07) is 4.70. The van der Waals surface area contributed by atoms with E-state index >= 15 is 0 Å². The van der Waals surface area contributed by atoms with E-state index < -0.39 is 29.6 Å². The summed E-state index contributed by atoms with van der Waals surface area (Å²) in [5, 5.41) is 13.6. The van der Waals surface area contributed by atoms with Crippen molar-refractivity contribution in [3.8, 4) is 11.5 Å². The van der Waals surface area contributed by atoms with Crippen molar-refractivity contribution in [2.45, 2.75) is 33.1 Å². The largest absolute Gasteiger partial charge is 0.504 e. The van der Waals surface area contributed by atoms with E-state index in [1.165, 1.54) is 20.3 Å². The SMILES string of the molecule is CCOCCOC(=O)C1=C(C)NC2=C(C(=O)[C@H](C(=O)OC)[C@H](C)C2)[C@H]1c1ccc(OC)c(O)c1. The normalized spacial score (nSPS) is 22.1. The lowest BCUT2D eigenvalue weighted by Crippen LogP contribution is -2.43. The van der Waals surface area contributed by atoms with Gasteiger partial charge in [0.1, 0.15) is 12.5 Å². The third-order valence-electron chi connectivity index (χ3n) is 6.16. The minimum absolute atomic E-state index is 0.0473. The van der Waals surface area contributed by atoms with E-state index in [9.17, 15) is 19.5 Å². The van der Waals surface area contributed by atoms with Crippen LogP contribution in [-0.2, 0) is 28.6 Å². The van der Waals surface area contributed by atoms with Crippen molar-refractivity contribution in [1.82, 2.24) is 5.32 Å². The van der Waals surface area contributed by atoms with Crippen LogP contribution in [0.25, 0.3) is 0 Å². The molecule has 2 N–H and O–H groups in total. The fraction of sp³-hybridized carbons (Fsp3) is 0.480. The Bertz CT molecular complexity index is 1040. The molecule has 1 aromatic carbocycles. The van der Waals surface area contributed by atoms with Gasteiger partial charge in [0.2, 0.25) is 0 Å². The van der Waals surface area contributed by atoms with Crippen LogP contribution in [0, 0.1) is 11.8 Å². The number of nitrogens with one attached hydrogen (secondary N) is 1. The number of hydrogen-bond acceptors (Lipinski definition) is 9. The Kier molecular flexibility index (Phi) is 7.98. The number of allylic oxidation sites excluding steroid dienone is 3. The number of hydrogen-bond donors (Lipinski definition) is 2. The van der Waals surface area contributed by atoms with Crippen LogP contribution in [0.5, 0.6) is 11.5 Å². The van der Waals surface area contributed by atoms with Gasteiger partial charge in [0.05, 0.1) is 26.4 Å². The van der Waals surface area contributed by atoms with Gasteiger partial charge in [0.15, 0.2) is 17.3 Å². The van der Waals surface area contributed by atoms with Crippen LogP contribution in [-0.4, -0.2) is 56.9 Å². The first-order valence-electron chi connectivity index (χ1n) is 11.2. The van der Waals surface area contributed by atoms with Gasteiger partial charge in [0.25, 0.3) is 0 Å². The number of phenolic OH excluding ortho intramolecular Hbond substituents is 1. The molecule has 1 aromatic rings. The molecule has 0 bridgehead atoms. The van der Waals surface area contributed by atoms with Crippen LogP contribution in [0.3, 0.4) is 0 Å². The molecule has 0 fully saturated rings. The zero-order chi connectivity index (χ0) is 25.0. The molecule has 0 saturated carbocycles. The molecule has 2 aliphatic rings. The summed E-state index contributed by atoms with van der Waals surface area (Å²) >= 11 is 0. The molecule has 34 heavy (non-hydrogen) atoms. The monoisotopic (exact) mass is 473 g/mol. The van der Waals surface area contributed by atoms with E-state index in [4.69, 9.17) is 18.9 Å². The number of benzene rings is 1. The number of dihydropyridines is 1. The van der Waals surface area contributed by atoms with Crippen molar-refractivity contribution >= 4 is 17.7 Å². The van der Waals surface area contributed by atoms with Crippen molar-refractivity contribution in [1.29, 1.82) is 0 Å². The first-order chi connectivity index (χ1) is 16.2. The van der Waals surface area contributed by atoms with Gasteiger partial charge in [0, 0.05) is 29.5 Å². The number of esters is 2. The highest BCUT2D eigenvalue weighted by molar-refractivity contribution is 6.12. The van der Waals surface area contributed by atoms with Crippen molar-refractivity contribution in [2.24, 2.45) is 11.8 Å². The molecule has 0 spiro atoms. The van der Waals surface area contributed by atoms with Crippen LogP contribution >= 0.6 is 0 Å². The molecule has 0 radical (unpaired) electrons. The Morgan fingerprint density at radius 1 is 1.21 bits per heavy atom. The van der Waals surface area contributed by atoms with E-state index in [1.54, 1.807) is 19.1 Å². The summed E-state index contributed by atoms with van der Waals surface area (Å²) in [6.07, 6.45) is 0.420. The Hall–Kier alpha value is -3.33. The average molecular weight is 474 g/mol. The van der Waals surface area contributed by atoms with E-state index in [1.807, 2.05) is 13.8 Å². The number of aromatic hydroxyl groups is 1. The van der Waals surface area contributed by atoms with Gasteiger partial charge in [-0.05, 0) is 43.9 Å². The highest BCUT2D eigenvalue weighted by Gasteiger charge is 2.47. The van der Waals surface area contributed by atoms with Gasteiger partial charge in [-0.1, -0.05) is 13.0 Å². The number of ether oxygens (including phenoxy) is 4. The predicted octanol–water partition coefficient (Wildman–Crippen LogP) is 2.59. The number of phenols is 1. The minimum atomic E-state index is -0.992. The van der Waals surface area contributed by atoms with Crippen molar-refractivity contribution in [3.05, 3.63) is 46.3 Å². The van der Waals surface area contributed by atoms with E-state index in [-0.39, 0.29) is 36.2 Å². The van der Waals surface area contributed by atoms with Gasteiger partial charge in [-0.25, -0.2) is 4.79 Å². The molecule has 3 rings (SSSR count). The Morgan fingerprint density at radius 3 is 2.56 bits per heavy atom. The highest BCUT2D eigenvalue weighted by atomic mass is 16.6. The lowest BCUT2D eigenvalue weighted by atomic mass is 9.69. The van der Waals surface area contributed by atoms with Gasteiger partial charge < -0.3 is 29.4 Å². The van der Waals surface area contributed by atoms with Crippen LogP contribution in [0.1, 0.15) is 38.7 Å². The lowest BCUT2D eigenvalue weighted by molar-refractivity contribution is -0.151. The number of carbonyl (C=O) groups is 3. The second-order valence-electron chi connectivity index (χ2n) is 8.30. The summed E-state index contributed by atoms with van der Waals surface area (Å²) in [7, 11) is 2.67. The van der Waals surface area contributed by atoms with E-state index in [2.05, 4.69) is 5.32 Å². The van der Waals surface area contributed by atoms with Crippen LogP contribution in [0.2, 0.25) is 0 Å². The Labute approximate surface area is 198 Å². The fourth-order valence-corrected chi connectivity index (χ4v) is 4.59. The maximum atomic E-state index is 13.7. The lowest BCUT2D eigenvalue weighted by Gasteiger charge is -2.38. The summed E-state index contributed by atoms with van der Waals surface area (Å²) in [5.74, 6) is -3.66. The number of methoxy groups -OCH3 is 2. The summed E-state index contributed by atoms with van der Waals surface area (Å²) in [5.41, 5.74) is 2.19. The highest BCUT2D eigenvalue weighted by Crippen LogP contribution is 2.46. The summed E-state index contributed by atoms with van der Waals surface area (Å²) in [6.45, 7) is 6.17. The second kappa shape index (κ2) is 10.7. The molecule has 3 atom stereocenters. The van der Waals surface area contributed by atoms with E-state index in [0.29, 0.717) is 35.6 Å². The molecule has 1 aliphatic carbocycles. The van der Waals surface area contributed by atoms with Gasteiger partial charge in [-0.3, -0.25) is 9.59 Å². The van der Waals surface area contributed by atoms with Crippen molar-refractivity contribution < 1.29 is 38.4 Å². The Balaban J connectivity index is 2.11. The van der Waals surface area contributed by atoms with Gasteiger partial charge >= 0.3 is 11.9 Å². The summed E-state index contributed by atoms with van der Waals surface area (Å²) in [4.78, 5) is 39.3. The average Bonchev–Trinajstić information content (AvgIpc) is 2.80. The third-order valence-corrected chi connectivity index (χ3v) is 6.16. The van der Waals surface area contributed by atoms with Crippen molar-refractivity contribution in [2.75, 3.05) is 34.0 Å². The fourth-order valence-electron chi connectivity index (χ4n) is 4.59. The number of ketones is 1. The zero-order valence-electron chi connectivity index (χ0n) is 20.1. The van der Waals surface area contributed by atoms with Crippen LogP contribution < -0.4 is 10.1 Å². The first kappa shape index (κ1) is 25.3.